The number of nitrogens with one attached hydrogen (secondary N) is 1. The molecule has 1 amide bonds. The van der Waals surface area contributed by atoms with E-state index in [1.807, 2.05) is 0 Å². The molecule has 0 unspecified atom stereocenters. The van der Waals surface area contributed by atoms with Crippen LogP contribution in [0.25, 0.3) is 0 Å². The maximum atomic E-state index is 12.2. The van der Waals surface area contributed by atoms with Crippen molar-refractivity contribution in [3.05, 3.63) is 62.7 Å². The molecule has 2 aromatic rings. The molecule has 136 valence electrons. The van der Waals surface area contributed by atoms with Gasteiger partial charge < -0.3 is 15.8 Å². The molecule has 2 aromatic carbocycles. The minimum atomic E-state index is -1.12. The number of nitrogen functional groups attached to an aromatic ring is 1. The number of nitrogens with zero attached hydrogens (tertiary/aromatic N) is 1. The van der Waals surface area contributed by atoms with Gasteiger partial charge in [-0.25, -0.2) is 4.79 Å². The van der Waals surface area contributed by atoms with Crippen molar-refractivity contribution in [2.45, 2.75) is 20.0 Å². The van der Waals surface area contributed by atoms with Crippen molar-refractivity contribution in [3.8, 4) is 0 Å². The summed E-state index contributed by atoms with van der Waals surface area (Å²) >= 11 is 6.00. The minimum absolute atomic E-state index is 0.0609. The summed E-state index contributed by atoms with van der Waals surface area (Å²) in [7, 11) is 0. The molecule has 9 heteroatoms. The molecule has 0 aliphatic rings. The van der Waals surface area contributed by atoms with E-state index >= 15 is 0 Å². The number of nitrogens with two attached hydrogens (primary N) is 1. The number of hydrogen-bond donors (Lipinski definition) is 2. The van der Waals surface area contributed by atoms with Gasteiger partial charge in [-0.15, -0.1) is 0 Å². The molecule has 0 fully saturated rings. The largest absolute Gasteiger partial charge is 0.449 e. The number of rotatable bonds is 5. The molecule has 2 rings (SSSR count). The number of esters is 1. The van der Waals surface area contributed by atoms with Crippen LogP contribution in [0.4, 0.5) is 17.1 Å². The molecular formula is C17H16ClN3O5. The highest BCUT2D eigenvalue weighted by molar-refractivity contribution is 6.31. The normalized spacial score (nSPS) is 11.5. The van der Waals surface area contributed by atoms with Gasteiger partial charge in [0.05, 0.1) is 16.2 Å². The maximum absolute atomic E-state index is 12.2. The highest BCUT2D eigenvalue weighted by atomic mass is 35.5. The second kappa shape index (κ2) is 7.83. The fourth-order valence-electron chi connectivity index (χ4n) is 2.10. The Hall–Kier alpha value is -3.13. The molecule has 8 nitrogen and oxygen atoms in total. The lowest BCUT2D eigenvalue weighted by molar-refractivity contribution is -0.384. The van der Waals surface area contributed by atoms with Gasteiger partial charge in [-0.3, -0.25) is 14.9 Å². The summed E-state index contributed by atoms with van der Waals surface area (Å²) in [5, 5.41) is 13.8. The van der Waals surface area contributed by atoms with E-state index in [0.717, 1.165) is 12.1 Å². The van der Waals surface area contributed by atoms with Crippen molar-refractivity contribution in [2.24, 2.45) is 0 Å². The van der Waals surface area contributed by atoms with Gasteiger partial charge in [-0.05, 0) is 37.6 Å². The molecule has 0 aliphatic carbocycles. The van der Waals surface area contributed by atoms with Gasteiger partial charge in [0.15, 0.2) is 6.10 Å². The Kier molecular flexibility index (Phi) is 5.78. The highest BCUT2D eigenvalue weighted by Gasteiger charge is 2.22. The third kappa shape index (κ3) is 4.28. The van der Waals surface area contributed by atoms with Gasteiger partial charge in [0.1, 0.15) is 0 Å². The van der Waals surface area contributed by atoms with Gasteiger partial charge in [-0.2, -0.15) is 0 Å². The smallest absolute Gasteiger partial charge is 0.341 e. The second-order valence-electron chi connectivity index (χ2n) is 5.48. The Morgan fingerprint density at radius 1 is 1.31 bits per heavy atom. The lowest BCUT2D eigenvalue weighted by Gasteiger charge is -2.15. The Morgan fingerprint density at radius 3 is 2.62 bits per heavy atom. The number of anilines is 2. The van der Waals surface area contributed by atoms with Gasteiger partial charge in [0.25, 0.3) is 11.6 Å². The monoisotopic (exact) mass is 377 g/mol. The van der Waals surface area contributed by atoms with Crippen LogP contribution < -0.4 is 11.1 Å². The number of carbonyl (C=O) groups excluding carboxylic acids is 2. The number of ether oxygens (including phenoxy) is 1. The third-order valence-electron chi connectivity index (χ3n) is 3.64. The summed E-state index contributed by atoms with van der Waals surface area (Å²) in [5.74, 6) is -1.41. The van der Waals surface area contributed by atoms with E-state index in [0.29, 0.717) is 16.3 Å². The van der Waals surface area contributed by atoms with Crippen LogP contribution in [0.1, 0.15) is 22.8 Å². The molecule has 0 saturated carbocycles. The summed E-state index contributed by atoms with van der Waals surface area (Å²) in [6.45, 7) is 3.14. The number of non-ortho nitro benzene ring substituents is 1. The van der Waals surface area contributed by atoms with E-state index < -0.39 is 22.9 Å². The minimum Gasteiger partial charge on any atom is -0.449 e. The van der Waals surface area contributed by atoms with Crippen LogP contribution in [0.2, 0.25) is 5.02 Å². The third-order valence-corrected chi connectivity index (χ3v) is 4.05. The van der Waals surface area contributed by atoms with Crippen molar-refractivity contribution >= 4 is 40.5 Å². The van der Waals surface area contributed by atoms with Crippen LogP contribution in [0.15, 0.2) is 36.4 Å². The number of amides is 1. The zero-order valence-corrected chi connectivity index (χ0v) is 14.7. The SMILES string of the molecule is Cc1c(Cl)cccc1NC(=O)[C@H](C)OC(=O)c1ccc([N+](=O)[O-])cc1N. The molecule has 0 heterocycles. The van der Waals surface area contributed by atoms with Crippen LogP contribution in [-0.2, 0) is 9.53 Å². The highest BCUT2D eigenvalue weighted by Crippen LogP contribution is 2.24. The number of benzene rings is 2. The Labute approximate surface area is 154 Å². The van der Waals surface area contributed by atoms with Crippen LogP contribution in [0.5, 0.6) is 0 Å². The summed E-state index contributed by atoms with van der Waals surface area (Å²) in [6, 6.07) is 8.40. The molecule has 0 radical (unpaired) electrons. The first-order valence-corrected chi connectivity index (χ1v) is 7.89. The van der Waals surface area contributed by atoms with E-state index in [4.69, 9.17) is 22.1 Å². The fraction of sp³-hybridized carbons (Fsp3) is 0.176. The van der Waals surface area contributed by atoms with E-state index in [2.05, 4.69) is 5.32 Å². The Bertz CT molecular complexity index is 885. The van der Waals surface area contributed by atoms with Gasteiger partial charge >= 0.3 is 5.97 Å². The average Bonchev–Trinajstić information content (AvgIpc) is 2.58. The first kappa shape index (κ1) is 19.2. The first-order valence-electron chi connectivity index (χ1n) is 7.51. The summed E-state index contributed by atoms with van der Waals surface area (Å²) in [4.78, 5) is 34.4. The van der Waals surface area contributed by atoms with Crippen LogP contribution in [0.3, 0.4) is 0 Å². The van der Waals surface area contributed by atoms with Crippen molar-refractivity contribution in [1.82, 2.24) is 0 Å². The van der Waals surface area contributed by atoms with Gasteiger partial charge in [-0.1, -0.05) is 17.7 Å². The average molecular weight is 378 g/mol. The Balaban J connectivity index is 2.08. The molecule has 0 aliphatic heterocycles. The molecular weight excluding hydrogens is 362 g/mol. The number of nitro groups is 1. The zero-order chi connectivity index (χ0) is 19.4. The van der Waals surface area contributed by atoms with Crippen molar-refractivity contribution < 1.29 is 19.2 Å². The second-order valence-corrected chi connectivity index (χ2v) is 5.89. The number of carbonyl (C=O) groups is 2. The van der Waals surface area contributed by atoms with E-state index in [9.17, 15) is 19.7 Å². The summed E-state index contributed by atoms with van der Waals surface area (Å²) in [6.07, 6.45) is -1.12. The van der Waals surface area contributed by atoms with E-state index in [1.165, 1.54) is 13.0 Å². The van der Waals surface area contributed by atoms with E-state index in [1.54, 1.807) is 25.1 Å². The number of halogens is 1. The van der Waals surface area contributed by atoms with Crippen LogP contribution in [-0.4, -0.2) is 22.9 Å². The van der Waals surface area contributed by atoms with E-state index in [-0.39, 0.29) is 16.9 Å². The summed E-state index contributed by atoms with van der Waals surface area (Å²) < 4.78 is 5.09. The lowest BCUT2D eigenvalue weighted by atomic mass is 10.1. The quantitative estimate of drug-likeness (QED) is 0.356. The van der Waals surface area contributed by atoms with Gasteiger partial charge in [0.2, 0.25) is 0 Å². The van der Waals surface area contributed by atoms with Crippen molar-refractivity contribution in [1.29, 1.82) is 0 Å². The molecule has 26 heavy (non-hydrogen) atoms. The molecule has 1 atom stereocenters. The topological polar surface area (TPSA) is 125 Å². The standard InChI is InChI=1S/C17H16ClN3O5/c1-9-13(18)4-3-5-15(9)20-16(22)10(2)26-17(23)12-7-6-11(21(24)25)8-14(12)19/h3-8,10H,19H2,1-2H3,(H,20,22)/t10-/m0/s1. The van der Waals surface area contributed by atoms with Crippen molar-refractivity contribution in [3.63, 3.8) is 0 Å². The lowest BCUT2D eigenvalue weighted by Crippen LogP contribution is -2.30. The zero-order valence-electron chi connectivity index (χ0n) is 14.0. The van der Waals surface area contributed by atoms with Crippen LogP contribution >= 0.6 is 11.6 Å². The Morgan fingerprint density at radius 2 is 2.00 bits per heavy atom. The van der Waals surface area contributed by atoms with Gasteiger partial charge in [0, 0.05) is 22.8 Å². The predicted octanol–water partition coefficient (Wildman–Crippen LogP) is 3.32. The molecule has 3 N–H and O–H groups in total. The predicted molar refractivity (Wildman–Crippen MR) is 97.2 cm³/mol. The van der Waals surface area contributed by atoms with Crippen LogP contribution in [0, 0.1) is 17.0 Å². The molecule has 0 aromatic heterocycles. The number of hydrogen-bond acceptors (Lipinski definition) is 6. The number of nitro benzene ring substituents is 1. The molecule has 0 saturated heterocycles. The molecule has 0 bridgehead atoms. The van der Waals surface area contributed by atoms with Crippen molar-refractivity contribution in [2.75, 3.05) is 11.1 Å². The fourth-order valence-corrected chi connectivity index (χ4v) is 2.28. The molecule has 0 spiro atoms. The summed E-state index contributed by atoms with van der Waals surface area (Å²) in [5.41, 5.74) is 6.41. The maximum Gasteiger partial charge on any atom is 0.341 e. The first-order chi connectivity index (χ1) is 12.2.